The van der Waals surface area contributed by atoms with Gasteiger partial charge in [0.25, 0.3) is 0 Å². The first-order chi connectivity index (χ1) is 10.3. The molecular weight excluding hydrogens is 256 g/mol. The van der Waals surface area contributed by atoms with Crippen molar-refractivity contribution in [3.63, 3.8) is 0 Å². The van der Waals surface area contributed by atoms with Crippen LogP contribution in [0.4, 0.5) is 0 Å². The van der Waals surface area contributed by atoms with Crippen molar-refractivity contribution in [2.75, 3.05) is 0 Å². The summed E-state index contributed by atoms with van der Waals surface area (Å²) >= 11 is 0. The molecule has 0 unspecified atom stereocenters. The van der Waals surface area contributed by atoms with E-state index in [2.05, 4.69) is 30.1 Å². The number of nitrogens with zero attached hydrogens (tertiary/aromatic N) is 2. The highest BCUT2D eigenvalue weighted by Gasteiger charge is 2.11. The third-order valence-electron chi connectivity index (χ3n) is 3.51. The van der Waals surface area contributed by atoms with E-state index in [-0.39, 0.29) is 0 Å². The molecule has 3 aromatic rings. The van der Waals surface area contributed by atoms with Gasteiger partial charge in [-0.2, -0.15) is 5.26 Å². The van der Waals surface area contributed by atoms with Gasteiger partial charge in [-0.1, -0.05) is 42.5 Å². The summed E-state index contributed by atoms with van der Waals surface area (Å²) in [6.07, 6.45) is 1.83. The quantitative estimate of drug-likeness (QED) is 0.682. The second kappa shape index (κ2) is 5.60. The van der Waals surface area contributed by atoms with Gasteiger partial charge >= 0.3 is 0 Å². The standard InChI is InChI=1S/C19H14N2/c1-14-11-12-21-19(17-9-7-15(13-20)8-10-17)18(14)16-5-3-2-4-6-16/h2-12H,1H3. The van der Waals surface area contributed by atoms with Crippen molar-refractivity contribution in [1.82, 2.24) is 4.98 Å². The number of pyridine rings is 1. The normalized spacial score (nSPS) is 10.1. The Kier molecular flexibility index (Phi) is 3.49. The lowest BCUT2D eigenvalue weighted by Crippen LogP contribution is -1.92. The predicted octanol–water partition coefficient (Wildman–Crippen LogP) is 4.60. The number of rotatable bonds is 2. The lowest BCUT2D eigenvalue weighted by atomic mass is 9.95. The van der Waals surface area contributed by atoms with Crippen LogP contribution in [-0.4, -0.2) is 4.98 Å². The minimum atomic E-state index is 0.660. The lowest BCUT2D eigenvalue weighted by Gasteiger charge is -2.12. The number of hydrogen-bond donors (Lipinski definition) is 0. The van der Waals surface area contributed by atoms with Gasteiger partial charge < -0.3 is 0 Å². The Hall–Kier alpha value is -2.92. The SMILES string of the molecule is Cc1ccnc(-c2ccc(C#N)cc2)c1-c1ccccc1. The van der Waals surface area contributed by atoms with Gasteiger partial charge in [0.1, 0.15) is 0 Å². The summed E-state index contributed by atoms with van der Waals surface area (Å²) in [5.74, 6) is 0. The highest BCUT2D eigenvalue weighted by atomic mass is 14.7. The van der Waals surface area contributed by atoms with Crippen LogP contribution in [0.25, 0.3) is 22.4 Å². The van der Waals surface area contributed by atoms with E-state index in [4.69, 9.17) is 5.26 Å². The largest absolute Gasteiger partial charge is 0.256 e. The van der Waals surface area contributed by atoms with Crippen molar-refractivity contribution in [3.05, 3.63) is 78.0 Å². The molecule has 0 aliphatic heterocycles. The van der Waals surface area contributed by atoms with Crippen molar-refractivity contribution in [2.24, 2.45) is 0 Å². The first kappa shape index (κ1) is 13.1. The molecule has 2 aromatic carbocycles. The van der Waals surface area contributed by atoms with Gasteiger partial charge in [-0.15, -0.1) is 0 Å². The summed E-state index contributed by atoms with van der Waals surface area (Å²) < 4.78 is 0. The molecule has 0 saturated carbocycles. The predicted molar refractivity (Wildman–Crippen MR) is 84.6 cm³/mol. The van der Waals surface area contributed by atoms with Crippen LogP contribution in [0.15, 0.2) is 66.9 Å². The van der Waals surface area contributed by atoms with E-state index >= 15 is 0 Å². The molecule has 1 aromatic heterocycles. The van der Waals surface area contributed by atoms with Crippen molar-refractivity contribution < 1.29 is 0 Å². The molecule has 0 aliphatic carbocycles. The van der Waals surface area contributed by atoms with E-state index in [0.29, 0.717) is 5.56 Å². The van der Waals surface area contributed by atoms with Crippen LogP contribution < -0.4 is 0 Å². The molecule has 0 spiro atoms. The van der Waals surface area contributed by atoms with E-state index in [9.17, 15) is 0 Å². The molecule has 0 atom stereocenters. The molecule has 21 heavy (non-hydrogen) atoms. The maximum Gasteiger partial charge on any atom is 0.0991 e. The van der Waals surface area contributed by atoms with Crippen LogP contribution >= 0.6 is 0 Å². The minimum absolute atomic E-state index is 0.660. The summed E-state index contributed by atoms with van der Waals surface area (Å²) in [6, 6.07) is 22.0. The van der Waals surface area contributed by atoms with Gasteiger partial charge in [-0.3, -0.25) is 4.98 Å². The lowest BCUT2D eigenvalue weighted by molar-refractivity contribution is 1.28. The molecule has 0 bridgehead atoms. The average Bonchev–Trinajstić information content (AvgIpc) is 2.55. The van der Waals surface area contributed by atoms with E-state index in [1.807, 2.05) is 54.7 Å². The molecule has 2 heteroatoms. The summed E-state index contributed by atoms with van der Waals surface area (Å²) in [5.41, 5.74) is 6.12. The van der Waals surface area contributed by atoms with Crippen LogP contribution in [-0.2, 0) is 0 Å². The van der Waals surface area contributed by atoms with Crippen molar-refractivity contribution in [2.45, 2.75) is 6.92 Å². The van der Waals surface area contributed by atoms with Crippen LogP contribution in [0.3, 0.4) is 0 Å². The third kappa shape index (κ3) is 2.54. The number of aromatic nitrogens is 1. The van der Waals surface area contributed by atoms with Crippen LogP contribution in [0.1, 0.15) is 11.1 Å². The summed E-state index contributed by atoms with van der Waals surface area (Å²) in [7, 11) is 0. The fourth-order valence-electron chi connectivity index (χ4n) is 2.45. The summed E-state index contributed by atoms with van der Waals surface area (Å²) in [6.45, 7) is 2.09. The van der Waals surface area contributed by atoms with Gasteiger partial charge in [0.05, 0.1) is 17.3 Å². The molecule has 0 saturated heterocycles. The monoisotopic (exact) mass is 270 g/mol. The van der Waals surface area contributed by atoms with E-state index < -0.39 is 0 Å². The smallest absolute Gasteiger partial charge is 0.0991 e. The van der Waals surface area contributed by atoms with Gasteiger partial charge in [-0.25, -0.2) is 0 Å². The zero-order valence-electron chi connectivity index (χ0n) is 11.7. The third-order valence-corrected chi connectivity index (χ3v) is 3.51. The Bertz CT molecular complexity index is 797. The molecule has 0 N–H and O–H groups in total. The Labute approximate surface area is 124 Å². The Morgan fingerprint density at radius 1 is 0.857 bits per heavy atom. The Morgan fingerprint density at radius 2 is 1.57 bits per heavy atom. The van der Waals surface area contributed by atoms with Crippen molar-refractivity contribution in [1.29, 1.82) is 5.26 Å². The van der Waals surface area contributed by atoms with Crippen LogP contribution in [0.2, 0.25) is 0 Å². The van der Waals surface area contributed by atoms with Crippen LogP contribution in [0.5, 0.6) is 0 Å². The van der Waals surface area contributed by atoms with E-state index in [1.54, 1.807) is 0 Å². The molecule has 0 radical (unpaired) electrons. The molecule has 0 aliphatic rings. The first-order valence-corrected chi connectivity index (χ1v) is 6.81. The zero-order valence-corrected chi connectivity index (χ0v) is 11.7. The first-order valence-electron chi connectivity index (χ1n) is 6.81. The second-order valence-corrected chi connectivity index (χ2v) is 4.91. The maximum atomic E-state index is 8.91. The molecule has 1 heterocycles. The fourth-order valence-corrected chi connectivity index (χ4v) is 2.45. The summed E-state index contributed by atoms with van der Waals surface area (Å²) in [5, 5.41) is 8.91. The Morgan fingerprint density at radius 3 is 2.24 bits per heavy atom. The molecule has 100 valence electrons. The zero-order chi connectivity index (χ0) is 14.7. The number of nitriles is 1. The average molecular weight is 270 g/mol. The molecule has 0 amide bonds. The molecule has 0 fully saturated rings. The van der Waals surface area contributed by atoms with Crippen molar-refractivity contribution >= 4 is 0 Å². The van der Waals surface area contributed by atoms with Crippen LogP contribution in [0, 0.1) is 18.3 Å². The van der Waals surface area contributed by atoms with Crippen molar-refractivity contribution in [3.8, 4) is 28.5 Å². The molecule has 2 nitrogen and oxygen atoms in total. The van der Waals surface area contributed by atoms with E-state index in [0.717, 1.165) is 22.4 Å². The number of benzene rings is 2. The van der Waals surface area contributed by atoms with Gasteiger partial charge in [-0.05, 0) is 36.2 Å². The summed E-state index contributed by atoms with van der Waals surface area (Å²) in [4.78, 5) is 4.56. The topological polar surface area (TPSA) is 36.7 Å². The maximum absolute atomic E-state index is 8.91. The molecule has 3 rings (SSSR count). The fraction of sp³-hybridized carbons (Fsp3) is 0.0526. The minimum Gasteiger partial charge on any atom is -0.256 e. The highest BCUT2D eigenvalue weighted by molar-refractivity contribution is 5.83. The number of hydrogen-bond acceptors (Lipinski definition) is 2. The second-order valence-electron chi connectivity index (χ2n) is 4.91. The van der Waals surface area contributed by atoms with E-state index in [1.165, 1.54) is 5.56 Å². The highest BCUT2D eigenvalue weighted by Crippen LogP contribution is 2.32. The number of aryl methyl sites for hydroxylation is 1. The van der Waals surface area contributed by atoms with Gasteiger partial charge in [0.2, 0.25) is 0 Å². The van der Waals surface area contributed by atoms with Gasteiger partial charge in [0, 0.05) is 17.3 Å². The van der Waals surface area contributed by atoms with Gasteiger partial charge in [0.15, 0.2) is 0 Å². The Balaban J connectivity index is 2.19. The molecular formula is C19H14N2.